The summed E-state index contributed by atoms with van der Waals surface area (Å²) in [6.07, 6.45) is 2.75. The molecule has 0 amide bonds. The second kappa shape index (κ2) is 5.69. The minimum atomic E-state index is 0.177. The smallest absolute Gasteiger partial charge is 0.0591 e. The Bertz CT molecular complexity index is 155. The lowest BCUT2D eigenvalue weighted by atomic mass is 10.1. The van der Waals surface area contributed by atoms with Gasteiger partial charge in [0.05, 0.1) is 6.61 Å². The number of ether oxygens (including phenoxy) is 1. The molecule has 1 aliphatic carbocycles. The molecule has 0 saturated heterocycles. The lowest BCUT2D eigenvalue weighted by Gasteiger charge is -2.24. The van der Waals surface area contributed by atoms with Gasteiger partial charge in [0.2, 0.25) is 0 Å². The summed E-state index contributed by atoms with van der Waals surface area (Å²) in [6.45, 7) is 8.12. The fourth-order valence-corrected chi connectivity index (χ4v) is 1.17. The summed E-state index contributed by atoms with van der Waals surface area (Å²) in [5.74, 6) is 0.878. The largest absolute Gasteiger partial charge is 0.380 e. The van der Waals surface area contributed by atoms with Crippen LogP contribution in [0.4, 0.5) is 0 Å². The van der Waals surface area contributed by atoms with Crippen molar-refractivity contribution in [2.45, 2.75) is 32.2 Å². The molecule has 0 aliphatic heterocycles. The summed E-state index contributed by atoms with van der Waals surface area (Å²) in [5, 5.41) is 6.64. The molecular formula is C11H24N2O. The first-order valence-corrected chi connectivity index (χ1v) is 5.61. The second-order valence-electron chi connectivity index (χ2n) is 4.83. The van der Waals surface area contributed by atoms with Crippen LogP contribution in [0.3, 0.4) is 0 Å². The highest BCUT2D eigenvalue weighted by Gasteiger charge is 2.20. The molecule has 0 atom stereocenters. The highest BCUT2D eigenvalue weighted by molar-refractivity contribution is 4.77. The van der Waals surface area contributed by atoms with Gasteiger partial charge in [-0.15, -0.1) is 0 Å². The molecule has 3 heteroatoms. The molecule has 0 spiro atoms. The quantitative estimate of drug-likeness (QED) is 0.574. The lowest BCUT2D eigenvalue weighted by Crippen LogP contribution is -2.46. The highest BCUT2D eigenvalue weighted by atomic mass is 16.5. The van der Waals surface area contributed by atoms with Crippen molar-refractivity contribution >= 4 is 0 Å². The molecule has 0 aromatic heterocycles. The first-order chi connectivity index (χ1) is 6.64. The van der Waals surface area contributed by atoms with Gasteiger partial charge < -0.3 is 15.4 Å². The Balaban J connectivity index is 1.83. The van der Waals surface area contributed by atoms with Crippen LogP contribution in [0.25, 0.3) is 0 Å². The van der Waals surface area contributed by atoms with Gasteiger partial charge in [-0.25, -0.2) is 0 Å². The maximum Gasteiger partial charge on any atom is 0.0591 e. The van der Waals surface area contributed by atoms with E-state index in [-0.39, 0.29) is 5.54 Å². The standard InChI is InChI=1S/C11H24N2O/c1-11(2,12-3)9-13-6-7-14-8-10-4-5-10/h10,12-13H,4-9H2,1-3H3. The molecule has 1 saturated carbocycles. The normalized spacial score (nSPS) is 17.4. The molecule has 1 aliphatic rings. The average Bonchev–Trinajstić information content (AvgIpc) is 2.95. The number of nitrogens with one attached hydrogen (secondary N) is 2. The SMILES string of the molecule is CNC(C)(C)CNCCOCC1CC1. The molecule has 0 unspecified atom stereocenters. The van der Waals surface area contributed by atoms with E-state index < -0.39 is 0 Å². The van der Waals surface area contributed by atoms with E-state index in [4.69, 9.17) is 4.74 Å². The Hall–Kier alpha value is -0.120. The summed E-state index contributed by atoms with van der Waals surface area (Å²) >= 11 is 0. The van der Waals surface area contributed by atoms with Crippen molar-refractivity contribution in [3.8, 4) is 0 Å². The van der Waals surface area contributed by atoms with Gasteiger partial charge in [0, 0.05) is 25.2 Å². The zero-order chi connectivity index (χ0) is 10.4. The first-order valence-electron chi connectivity index (χ1n) is 5.61. The predicted molar refractivity (Wildman–Crippen MR) is 59.6 cm³/mol. The van der Waals surface area contributed by atoms with Crippen LogP contribution in [0.1, 0.15) is 26.7 Å². The van der Waals surface area contributed by atoms with Crippen LogP contribution in [0, 0.1) is 5.92 Å². The van der Waals surface area contributed by atoms with Crippen LogP contribution >= 0.6 is 0 Å². The summed E-state index contributed by atoms with van der Waals surface area (Å²) < 4.78 is 5.52. The minimum Gasteiger partial charge on any atom is -0.380 e. The van der Waals surface area contributed by atoms with Crippen LogP contribution in [0.15, 0.2) is 0 Å². The number of hydrogen-bond donors (Lipinski definition) is 2. The Morgan fingerprint density at radius 3 is 2.64 bits per heavy atom. The van der Waals surface area contributed by atoms with Gasteiger partial charge in [-0.2, -0.15) is 0 Å². The van der Waals surface area contributed by atoms with E-state index in [9.17, 15) is 0 Å². The van der Waals surface area contributed by atoms with E-state index in [1.165, 1.54) is 12.8 Å². The predicted octanol–water partition coefficient (Wildman–Crippen LogP) is 1.00. The van der Waals surface area contributed by atoms with Crippen molar-refractivity contribution in [2.24, 2.45) is 5.92 Å². The molecule has 3 nitrogen and oxygen atoms in total. The molecule has 1 rings (SSSR count). The van der Waals surface area contributed by atoms with Gasteiger partial charge in [0.1, 0.15) is 0 Å². The summed E-state index contributed by atoms with van der Waals surface area (Å²) in [5.41, 5.74) is 0.177. The number of hydrogen-bond acceptors (Lipinski definition) is 3. The third kappa shape index (κ3) is 5.58. The Morgan fingerprint density at radius 1 is 1.36 bits per heavy atom. The molecule has 0 aromatic rings. The molecule has 14 heavy (non-hydrogen) atoms. The summed E-state index contributed by atoms with van der Waals surface area (Å²) in [7, 11) is 1.99. The summed E-state index contributed by atoms with van der Waals surface area (Å²) in [4.78, 5) is 0. The van der Waals surface area contributed by atoms with E-state index in [0.29, 0.717) is 0 Å². The van der Waals surface area contributed by atoms with Crippen molar-refractivity contribution in [1.29, 1.82) is 0 Å². The maximum absolute atomic E-state index is 5.52. The Kier molecular flexibility index (Phi) is 4.85. The van der Waals surface area contributed by atoms with E-state index in [1.54, 1.807) is 0 Å². The second-order valence-corrected chi connectivity index (χ2v) is 4.83. The van der Waals surface area contributed by atoms with E-state index >= 15 is 0 Å². The molecule has 0 radical (unpaired) electrons. The van der Waals surface area contributed by atoms with Gasteiger partial charge in [0.25, 0.3) is 0 Å². The average molecular weight is 200 g/mol. The highest BCUT2D eigenvalue weighted by Crippen LogP contribution is 2.28. The van der Waals surface area contributed by atoms with Crippen molar-refractivity contribution in [3.63, 3.8) is 0 Å². The van der Waals surface area contributed by atoms with E-state index in [1.807, 2.05) is 7.05 Å². The molecule has 0 heterocycles. The molecule has 84 valence electrons. The van der Waals surface area contributed by atoms with Crippen molar-refractivity contribution in [2.75, 3.05) is 33.4 Å². The number of rotatable bonds is 8. The van der Waals surface area contributed by atoms with E-state index in [0.717, 1.165) is 32.2 Å². The maximum atomic E-state index is 5.52. The number of likely N-dealkylation sites (N-methyl/N-ethyl adjacent to an activating group) is 1. The molecule has 2 N–H and O–H groups in total. The molecule has 0 aromatic carbocycles. The molecular weight excluding hydrogens is 176 g/mol. The fraction of sp³-hybridized carbons (Fsp3) is 1.00. The minimum absolute atomic E-state index is 0.177. The first kappa shape index (κ1) is 12.0. The van der Waals surface area contributed by atoms with Gasteiger partial charge >= 0.3 is 0 Å². The van der Waals surface area contributed by atoms with Crippen LogP contribution in [0.5, 0.6) is 0 Å². The zero-order valence-electron chi connectivity index (χ0n) is 9.73. The van der Waals surface area contributed by atoms with Gasteiger partial charge in [-0.3, -0.25) is 0 Å². The van der Waals surface area contributed by atoms with Crippen molar-refractivity contribution < 1.29 is 4.74 Å². The summed E-state index contributed by atoms with van der Waals surface area (Å²) in [6, 6.07) is 0. The Labute approximate surface area is 87.6 Å². The topological polar surface area (TPSA) is 33.3 Å². The Morgan fingerprint density at radius 2 is 2.07 bits per heavy atom. The van der Waals surface area contributed by atoms with Gasteiger partial charge in [-0.05, 0) is 39.7 Å². The zero-order valence-corrected chi connectivity index (χ0v) is 9.73. The van der Waals surface area contributed by atoms with Gasteiger partial charge in [-0.1, -0.05) is 0 Å². The van der Waals surface area contributed by atoms with Gasteiger partial charge in [0.15, 0.2) is 0 Å². The van der Waals surface area contributed by atoms with Crippen LogP contribution in [0.2, 0.25) is 0 Å². The van der Waals surface area contributed by atoms with Crippen molar-refractivity contribution in [1.82, 2.24) is 10.6 Å². The third-order valence-corrected chi connectivity index (χ3v) is 2.72. The third-order valence-electron chi connectivity index (χ3n) is 2.72. The van der Waals surface area contributed by atoms with Crippen LogP contribution in [-0.2, 0) is 4.74 Å². The molecule has 1 fully saturated rings. The molecule has 0 bridgehead atoms. The van der Waals surface area contributed by atoms with E-state index in [2.05, 4.69) is 24.5 Å². The van der Waals surface area contributed by atoms with Crippen molar-refractivity contribution in [3.05, 3.63) is 0 Å². The van der Waals surface area contributed by atoms with Crippen LogP contribution < -0.4 is 10.6 Å². The van der Waals surface area contributed by atoms with Crippen LogP contribution in [-0.4, -0.2) is 38.9 Å². The monoisotopic (exact) mass is 200 g/mol. The fourth-order valence-electron chi connectivity index (χ4n) is 1.17. The lowest BCUT2D eigenvalue weighted by molar-refractivity contribution is 0.125.